The number of fused-ring (bicyclic) bond motifs is 6. The molecule has 286 valence electrons. The van der Waals surface area contributed by atoms with Gasteiger partial charge in [0, 0.05) is 32.9 Å². The molecule has 0 bridgehead atoms. The molecule has 0 aliphatic rings. The van der Waals surface area contributed by atoms with Crippen LogP contribution in [0.4, 0.5) is 0 Å². The first-order chi connectivity index (χ1) is 29.5. The van der Waals surface area contributed by atoms with Crippen molar-refractivity contribution in [2.45, 2.75) is 40.0 Å². The Bertz CT molecular complexity index is 3600. The molecule has 12 rings (SSSR count). The maximum atomic E-state index is 2.46. The molecular formula is C58H44N2. The number of hydrogen-bond acceptors (Lipinski definition) is 0. The zero-order chi connectivity index (χ0) is 40.1. The van der Waals surface area contributed by atoms with E-state index in [1.165, 1.54) is 139 Å². The van der Waals surface area contributed by atoms with Crippen LogP contribution in [0.1, 0.15) is 36.5 Å². The van der Waals surface area contributed by atoms with Crippen molar-refractivity contribution < 1.29 is 0 Å². The SMILES string of the molecule is CCCCc1ccc2c(c1)c1cc(C)ccc1n2-c1cccc(-c2cc3ccc4cc(-c5cccc(-n6c7ccccc7c7cc(C)ccc76)c5)cc5ccc(c2)c3c45)c1. The van der Waals surface area contributed by atoms with Crippen LogP contribution in [0.5, 0.6) is 0 Å². The molecule has 0 N–H and O–H groups in total. The largest absolute Gasteiger partial charge is 0.309 e. The summed E-state index contributed by atoms with van der Waals surface area (Å²) in [5.74, 6) is 0. The van der Waals surface area contributed by atoms with Crippen LogP contribution < -0.4 is 0 Å². The highest BCUT2D eigenvalue weighted by atomic mass is 15.0. The first-order valence-electron chi connectivity index (χ1n) is 21.5. The fourth-order valence-electron chi connectivity index (χ4n) is 10.2. The number of unbranched alkanes of at least 4 members (excludes halogenated alkanes) is 1. The van der Waals surface area contributed by atoms with Gasteiger partial charge in [0.1, 0.15) is 0 Å². The smallest absolute Gasteiger partial charge is 0.0541 e. The standard InChI is InChI=1S/C58H44N2/c1-4-5-10-38-19-26-56-52(29-38)51-28-37(3)18-25-55(51)60(56)48-14-9-12-40(35-48)46-32-43-22-20-41-30-45(31-42-21-23-44(33-46)58(43)57(41)42)39-11-8-13-47(34-39)59-53-16-7-6-15-49(53)50-27-36(2)17-24-54(50)59/h6-9,11-35H,4-5,10H2,1-3H3. The van der Waals surface area contributed by atoms with Gasteiger partial charge in [-0.15, -0.1) is 0 Å². The van der Waals surface area contributed by atoms with Gasteiger partial charge in [0.25, 0.3) is 0 Å². The van der Waals surface area contributed by atoms with Crippen LogP contribution in [0.3, 0.4) is 0 Å². The van der Waals surface area contributed by atoms with Crippen molar-refractivity contribution in [1.82, 2.24) is 9.13 Å². The molecule has 0 spiro atoms. The molecule has 2 aromatic heterocycles. The summed E-state index contributed by atoms with van der Waals surface area (Å²) in [4.78, 5) is 0. The van der Waals surface area contributed by atoms with Gasteiger partial charge in [-0.05, 0) is 178 Å². The van der Waals surface area contributed by atoms with Crippen LogP contribution in [-0.2, 0) is 6.42 Å². The van der Waals surface area contributed by atoms with E-state index in [0.29, 0.717) is 0 Å². The Labute approximate surface area is 349 Å². The Morgan fingerprint density at radius 1 is 0.367 bits per heavy atom. The summed E-state index contributed by atoms with van der Waals surface area (Å²) < 4.78 is 4.87. The van der Waals surface area contributed by atoms with E-state index < -0.39 is 0 Å². The van der Waals surface area contributed by atoms with Crippen LogP contribution in [0.2, 0.25) is 0 Å². The zero-order valence-electron chi connectivity index (χ0n) is 34.3. The maximum Gasteiger partial charge on any atom is 0.0541 e. The molecule has 0 aliphatic heterocycles. The molecule has 10 aromatic carbocycles. The topological polar surface area (TPSA) is 9.86 Å². The van der Waals surface area contributed by atoms with E-state index in [1.807, 2.05) is 0 Å². The summed E-state index contributed by atoms with van der Waals surface area (Å²) in [7, 11) is 0. The van der Waals surface area contributed by atoms with Crippen molar-refractivity contribution >= 4 is 75.9 Å². The summed E-state index contributed by atoms with van der Waals surface area (Å²) >= 11 is 0. The van der Waals surface area contributed by atoms with E-state index in [1.54, 1.807) is 0 Å². The minimum atomic E-state index is 1.12. The Kier molecular flexibility index (Phi) is 7.81. The van der Waals surface area contributed by atoms with Crippen molar-refractivity contribution in [3.8, 4) is 33.6 Å². The van der Waals surface area contributed by atoms with Gasteiger partial charge < -0.3 is 9.13 Å². The molecule has 2 nitrogen and oxygen atoms in total. The van der Waals surface area contributed by atoms with Gasteiger partial charge in [-0.1, -0.05) is 109 Å². The highest BCUT2D eigenvalue weighted by Gasteiger charge is 2.17. The summed E-state index contributed by atoms with van der Waals surface area (Å²) in [6.45, 7) is 6.64. The Hall–Kier alpha value is -7.16. The fourth-order valence-corrected chi connectivity index (χ4v) is 10.2. The number of aryl methyl sites for hydroxylation is 3. The van der Waals surface area contributed by atoms with Crippen molar-refractivity contribution in [3.05, 3.63) is 193 Å². The highest BCUT2D eigenvalue weighted by Crippen LogP contribution is 2.41. The van der Waals surface area contributed by atoms with Gasteiger partial charge in [-0.2, -0.15) is 0 Å². The fraction of sp³-hybridized carbons (Fsp3) is 0.103. The third-order valence-electron chi connectivity index (χ3n) is 13.0. The lowest BCUT2D eigenvalue weighted by atomic mass is 9.89. The lowest BCUT2D eigenvalue weighted by molar-refractivity contribution is 0.796. The van der Waals surface area contributed by atoms with Crippen LogP contribution in [0.25, 0.3) is 110 Å². The molecule has 12 aromatic rings. The normalized spacial score (nSPS) is 12.1. The van der Waals surface area contributed by atoms with E-state index in [-0.39, 0.29) is 0 Å². The van der Waals surface area contributed by atoms with Crippen LogP contribution in [-0.4, -0.2) is 9.13 Å². The number of rotatable bonds is 7. The molecule has 2 heteroatoms. The molecule has 0 saturated carbocycles. The molecule has 0 amide bonds. The number of aromatic nitrogens is 2. The molecule has 0 atom stereocenters. The Balaban J connectivity index is 0.945. The maximum absolute atomic E-state index is 2.46. The van der Waals surface area contributed by atoms with E-state index in [9.17, 15) is 0 Å². The number of hydrogen-bond donors (Lipinski definition) is 0. The molecule has 0 unspecified atom stereocenters. The highest BCUT2D eigenvalue weighted by molar-refractivity contribution is 6.24. The second kappa shape index (κ2) is 13.4. The predicted octanol–water partition coefficient (Wildman–Crippen LogP) is 16.1. The predicted molar refractivity (Wildman–Crippen MR) is 258 cm³/mol. The van der Waals surface area contributed by atoms with Gasteiger partial charge in [0.05, 0.1) is 22.1 Å². The number of benzene rings is 10. The molecule has 2 heterocycles. The lowest BCUT2D eigenvalue weighted by Gasteiger charge is -2.16. The van der Waals surface area contributed by atoms with Crippen molar-refractivity contribution in [2.24, 2.45) is 0 Å². The average Bonchev–Trinajstić information content (AvgIpc) is 3.78. The minimum absolute atomic E-state index is 1.12. The van der Waals surface area contributed by atoms with Crippen LogP contribution in [0.15, 0.2) is 176 Å². The van der Waals surface area contributed by atoms with Crippen LogP contribution in [0, 0.1) is 13.8 Å². The molecular weight excluding hydrogens is 725 g/mol. The second-order valence-electron chi connectivity index (χ2n) is 17.0. The van der Waals surface area contributed by atoms with E-state index in [0.717, 1.165) is 6.42 Å². The van der Waals surface area contributed by atoms with E-state index >= 15 is 0 Å². The van der Waals surface area contributed by atoms with Crippen LogP contribution >= 0.6 is 0 Å². The van der Waals surface area contributed by atoms with Gasteiger partial charge in [0.2, 0.25) is 0 Å². The lowest BCUT2D eigenvalue weighted by Crippen LogP contribution is -1.95. The molecule has 0 aliphatic carbocycles. The van der Waals surface area contributed by atoms with E-state index in [4.69, 9.17) is 0 Å². The molecule has 0 radical (unpaired) electrons. The Morgan fingerprint density at radius 2 is 0.833 bits per heavy atom. The average molecular weight is 769 g/mol. The quantitative estimate of drug-likeness (QED) is 0.143. The summed E-state index contributed by atoms with van der Waals surface area (Å²) in [6, 6.07) is 66.5. The summed E-state index contributed by atoms with van der Waals surface area (Å²) in [5.41, 5.74) is 16.2. The first-order valence-corrected chi connectivity index (χ1v) is 21.5. The number of para-hydroxylation sites is 1. The van der Waals surface area contributed by atoms with Crippen molar-refractivity contribution in [3.63, 3.8) is 0 Å². The van der Waals surface area contributed by atoms with Crippen molar-refractivity contribution in [2.75, 3.05) is 0 Å². The van der Waals surface area contributed by atoms with Gasteiger partial charge in [0.15, 0.2) is 0 Å². The number of nitrogens with zero attached hydrogens (tertiary/aromatic N) is 2. The molecule has 60 heavy (non-hydrogen) atoms. The van der Waals surface area contributed by atoms with Gasteiger partial charge >= 0.3 is 0 Å². The monoisotopic (exact) mass is 768 g/mol. The molecule has 0 saturated heterocycles. The summed E-state index contributed by atoms with van der Waals surface area (Å²) in [5, 5.41) is 13.0. The third-order valence-corrected chi connectivity index (χ3v) is 13.0. The molecule has 0 fully saturated rings. The van der Waals surface area contributed by atoms with Crippen molar-refractivity contribution in [1.29, 1.82) is 0 Å². The third kappa shape index (κ3) is 5.41. The second-order valence-corrected chi connectivity index (χ2v) is 17.0. The van der Waals surface area contributed by atoms with Gasteiger partial charge in [-0.3, -0.25) is 0 Å². The minimum Gasteiger partial charge on any atom is -0.309 e. The first kappa shape index (κ1) is 34.8. The van der Waals surface area contributed by atoms with Gasteiger partial charge in [-0.25, -0.2) is 0 Å². The Morgan fingerprint density at radius 3 is 1.37 bits per heavy atom. The summed E-state index contributed by atoms with van der Waals surface area (Å²) in [6.07, 6.45) is 3.54. The zero-order valence-corrected chi connectivity index (χ0v) is 34.3. The van der Waals surface area contributed by atoms with E-state index in [2.05, 4.69) is 206 Å².